The number of carbonyl (C=O) groups excluding carboxylic acids is 1. The molecular weight excluding hydrogens is 322 g/mol. The summed E-state index contributed by atoms with van der Waals surface area (Å²) in [7, 11) is 1.16. The molecule has 0 saturated carbocycles. The highest BCUT2D eigenvalue weighted by Gasteiger charge is 2.12. The molecule has 2 aromatic heterocycles. The van der Waals surface area contributed by atoms with Crippen molar-refractivity contribution < 1.29 is 28.2 Å². The van der Waals surface area contributed by atoms with Crippen LogP contribution in [0, 0.1) is 11.6 Å². The molecule has 0 aromatic carbocycles. The summed E-state index contributed by atoms with van der Waals surface area (Å²) in [6.45, 7) is 0. The van der Waals surface area contributed by atoms with E-state index in [0.29, 0.717) is 0 Å². The normalized spacial score (nSPS) is 9.45. The highest BCUT2D eigenvalue weighted by molar-refractivity contribution is 6.29. The van der Waals surface area contributed by atoms with Crippen molar-refractivity contribution >= 4 is 23.5 Å². The fourth-order valence-corrected chi connectivity index (χ4v) is 1.39. The topological polar surface area (TPSA) is 89.4 Å². The average molecular weight is 331 g/mol. The molecular formula is C13H9ClF2N2O4. The minimum absolute atomic E-state index is 0.0526. The zero-order valence-electron chi connectivity index (χ0n) is 11.1. The molecule has 0 amide bonds. The molecule has 0 atom stereocenters. The number of aromatic nitrogens is 2. The highest BCUT2D eigenvalue weighted by Crippen LogP contribution is 2.12. The van der Waals surface area contributed by atoms with Crippen molar-refractivity contribution in [2.45, 2.75) is 0 Å². The number of pyridine rings is 2. The lowest BCUT2D eigenvalue weighted by atomic mass is 10.2. The van der Waals surface area contributed by atoms with Crippen LogP contribution in [0.2, 0.25) is 5.15 Å². The van der Waals surface area contributed by atoms with Crippen LogP contribution in [0.4, 0.5) is 8.78 Å². The number of ether oxygens (including phenoxy) is 1. The Labute approximate surface area is 128 Å². The van der Waals surface area contributed by atoms with Crippen LogP contribution in [-0.2, 0) is 4.74 Å². The summed E-state index contributed by atoms with van der Waals surface area (Å²) in [6, 6.07) is 2.22. The fourth-order valence-electron chi connectivity index (χ4n) is 1.23. The standard InChI is InChI=1S/C7H5ClFNO2.C6H4FNO2/c1-12-7(11)4-2-6(8)10-3-5(4)9;7-5-3-8-2-1-4(5)6(9)10/h2-3H,1H3;1-3H,(H,9,10). The number of halogens is 3. The summed E-state index contributed by atoms with van der Waals surface area (Å²) in [4.78, 5) is 27.8. The SMILES string of the molecule is COC(=O)c1cc(Cl)ncc1F.O=C(O)c1ccncc1F. The van der Waals surface area contributed by atoms with Crippen LogP contribution in [0.1, 0.15) is 20.7 Å². The average Bonchev–Trinajstić information content (AvgIpc) is 2.49. The number of aromatic carboxylic acids is 1. The maximum Gasteiger partial charge on any atom is 0.341 e. The van der Waals surface area contributed by atoms with Gasteiger partial charge >= 0.3 is 11.9 Å². The first-order valence-electron chi connectivity index (χ1n) is 5.59. The van der Waals surface area contributed by atoms with Gasteiger partial charge < -0.3 is 9.84 Å². The minimum atomic E-state index is -1.28. The van der Waals surface area contributed by atoms with Crippen LogP contribution in [0.5, 0.6) is 0 Å². The van der Waals surface area contributed by atoms with Crippen LogP contribution in [0.3, 0.4) is 0 Å². The second-order valence-corrected chi connectivity index (χ2v) is 4.03. The number of hydrogen-bond donors (Lipinski definition) is 1. The van der Waals surface area contributed by atoms with E-state index in [1.165, 1.54) is 6.20 Å². The molecule has 0 saturated heterocycles. The quantitative estimate of drug-likeness (QED) is 0.672. The number of nitrogens with zero attached hydrogens (tertiary/aromatic N) is 2. The van der Waals surface area contributed by atoms with Gasteiger partial charge in [-0.25, -0.2) is 23.4 Å². The smallest absolute Gasteiger partial charge is 0.341 e. The molecule has 9 heteroatoms. The van der Waals surface area contributed by atoms with E-state index < -0.39 is 23.6 Å². The van der Waals surface area contributed by atoms with Crippen molar-refractivity contribution in [1.29, 1.82) is 0 Å². The molecule has 22 heavy (non-hydrogen) atoms. The zero-order valence-corrected chi connectivity index (χ0v) is 11.8. The van der Waals surface area contributed by atoms with Crippen molar-refractivity contribution in [2.75, 3.05) is 7.11 Å². The van der Waals surface area contributed by atoms with Crippen molar-refractivity contribution in [3.63, 3.8) is 0 Å². The minimum Gasteiger partial charge on any atom is -0.478 e. The van der Waals surface area contributed by atoms with Gasteiger partial charge in [0.1, 0.15) is 5.15 Å². The van der Waals surface area contributed by atoms with Crippen LogP contribution in [0.15, 0.2) is 30.7 Å². The molecule has 2 aromatic rings. The number of carbonyl (C=O) groups is 2. The molecule has 116 valence electrons. The Hall–Kier alpha value is -2.61. The molecule has 0 radical (unpaired) electrons. The molecule has 2 rings (SSSR count). The molecule has 0 aliphatic carbocycles. The first-order valence-corrected chi connectivity index (χ1v) is 5.96. The lowest BCUT2D eigenvalue weighted by molar-refractivity contribution is 0.0594. The number of carboxylic acid groups (broad SMARTS) is 1. The number of rotatable bonds is 2. The van der Waals surface area contributed by atoms with E-state index in [1.807, 2.05) is 0 Å². The summed E-state index contributed by atoms with van der Waals surface area (Å²) in [5, 5.41) is 8.35. The molecule has 0 bridgehead atoms. The number of methoxy groups -OCH3 is 1. The molecule has 0 fully saturated rings. The molecule has 6 nitrogen and oxygen atoms in total. The predicted molar refractivity (Wildman–Crippen MR) is 71.7 cm³/mol. The summed E-state index contributed by atoms with van der Waals surface area (Å²) < 4.78 is 29.5. The van der Waals surface area contributed by atoms with Gasteiger partial charge in [0.2, 0.25) is 0 Å². The molecule has 0 aliphatic heterocycles. The third kappa shape index (κ3) is 4.74. The Balaban J connectivity index is 0.000000224. The van der Waals surface area contributed by atoms with Crippen molar-refractivity contribution in [1.82, 2.24) is 9.97 Å². The predicted octanol–water partition coefficient (Wildman–Crippen LogP) is 2.58. The van der Waals surface area contributed by atoms with E-state index in [0.717, 1.165) is 31.6 Å². The van der Waals surface area contributed by atoms with Crippen LogP contribution < -0.4 is 0 Å². The van der Waals surface area contributed by atoms with Crippen LogP contribution >= 0.6 is 11.6 Å². The van der Waals surface area contributed by atoms with Gasteiger partial charge in [0, 0.05) is 6.20 Å². The Bertz CT molecular complexity index is 697. The van der Waals surface area contributed by atoms with E-state index in [2.05, 4.69) is 14.7 Å². The number of esters is 1. The van der Waals surface area contributed by atoms with Gasteiger partial charge in [0.15, 0.2) is 11.6 Å². The van der Waals surface area contributed by atoms with E-state index in [4.69, 9.17) is 16.7 Å². The van der Waals surface area contributed by atoms with E-state index in [-0.39, 0.29) is 16.3 Å². The maximum atomic E-state index is 12.8. The summed E-state index contributed by atoms with van der Waals surface area (Å²) in [5.74, 6) is -3.60. The second-order valence-electron chi connectivity index (χ2n) is 3.64. The van der Waals surface area contributed by atoms with Gasteiger partial charge in [-0.2, -0.15) is 0 Å². The Morgan fingerprint density at radius 1 is 1.23 bits per heavy atom. The van der Waals surface area contributed by atoms with Gasteiger partial charge in [-0.15, -0.1) is 0 Å². The van der Waals surface area contributed by atoms with Gasteiger partial charge in [0.05, 0.1) is 30.6 Å². The third-order valence-corrected chi connectivity index (χ3v) is 2.44. The summed E-state index contributed by atoms with van der Waals surface area (Å²) >= 11 is 5.43. The van der Waals surface area contributed by atoms with Crippen molar-refractivity contribution in [2.24, 2.45) is 0 Å². The third-order valence-electron chi connectivity index (χ3n) is 2.23. The monoisotopic (exact) mass is 330 g/mol. The first-order chi connectivity index (χ1) is 10.4. The van der Waals surface area contributed by atoms with Crippen molar-refractivity contribution in [3.8, 4) is 0 Å². The second kappa shape index (κ2) is 7.99. The lowest BCUT2D eigenvalue weighted by Gasteiger charge is -1.99. The van der Waals surface area contributed by atoms with Gasteiger partial charge in [-0.05, 0) is 12.1 Å². The zero-order chi connectivity index (χ0) is 16.7. The fraction of sp³-hybridized carbons (Fsp3) is 0.0769. The van der Waals surface area contributed by atoms with E-state index in [9.17, 15) is 18.4 Å². The summed E-state index contributed by atoms with van der Waals surface area (Å²) in [6.07, 6.45) is 2.96. The molecule has 0 spiro atoms. The van der Waals surface area contributed by atoms with Crippen molar-refractivity contribution in [3.05, 3.63) is 58.6 Å². The summed E-state index contributed by atoms with van der Waals surface area (Å²) in [5.41, 5.74) is -0.562. The molecule has 0 aliphatic rings. The van der Waals surface area contributed by atoms with Crippen LogP contribution in [-0.4, -0.2) is 34.1 Å². The van der Waals surface area contributed by atoms with Gasteiger partial charge in [-0.1, -0.05) is 11.6 Å². The molecule has 2 heterocycles. The van der Waals surface area contributed by atoms with Gasteiger partial charge in [0.25, 0.3) is 0 Å². The molecule has 1 N–H and O–H groups in total. The van der Waals surface area contributed by atoms with E-state index >= 15 is 0 Å². The lowest BCUT2D eigenvalue weighted by Crippen LogP contribution is -2.04. The number of hydrogen-bond acceptors (Lipinski definition) is 5. The Morgan fingerprint density at radius 2 is 1.86 bits per heavy atom. The Kier molecular flexibility index (Phi) is 6.33. The van der Waals surface area contributed by atoms with Gasteiger partial charge in [-0.3, -0.25) is 4.98 Å². The molecule has 0 unspecified atom stereocenters. The first kappa shape index (κ1) is 17.4. The van der Waals surface area contributed by atoms with E-state index in [1.54, 1.807) is 0 Å². The van der Waals surface area contributed by atoms with Crippen LogP contribution in [0.25, 0.3) is 0 Å². The number of carboxylic acids is 1. The highest BCUT2D eigenvalue weighted by atomic mass is 35.5. The maximum absolute atomic E-state index is 12.8. The Morgan fingerprint density at radius 3 is 2.36 bits per heavy atom. The largest absolute Gasteiger partial charge is 0.478 e.